The molecule has 1 atom stereocenters. The molecule has 0 saturated carbocycles. The van der Waals surface area contributed by atoms with Crippen molar-refractivity contribution in [3.63, 3.8) is 0 Å². The number of rotatable bonds is 4. The highest BCUT2D eigenvalue weighted by molar-refractivity contribution is 9.10. The Labute approximate surface area is 156 Å². The van der Waals surface area contributed by atoms with Crippen molar-refractivity contribution in [1.82, 2.24) is 9.97 Å². The van der Waals surface area contributed by atoms with Gasteiger partial charge in [-0.25, -0.2) is 9.78 Å². The highest BCUT2D eigenvalue weighted by atomic mass is 79.9. The van der Waals surface area contributed by atoms with Crippen LogP contribution in [0, 0.1) is 0 Å². The molecule has 1 aromatic carbocycles. The summed E-state index contributed by atoms with van der Waals surface area (Å²) in [5.41, 5.74) is 6.61. The van der Waals surface area contributed by atoms with E-state index in [1.54, 1.807) is 36.4 Å². The summed E-state index contributed by atoms with van der Waals surface area (Å²) in [5.74, 6) is -1.49. The molecule has 2 aromatic heterocycles. The minimum Gasteiger partial charge on any atom is -0.444 e. The van der Waals surface area contributed by atoms with Crippen molar-refractivity contribution in [3.8, 4) is 0 Å². The zero-order valence-corrected chi connectivity index (χ0v) is 15.0. The van der Waals surface area contributed by atoms with E-state index in [4.69, 9.17) is 22.1 Å². The van der Waals surface area contributed by atoms with Crippen LogP contribution < -0.4 is 5.73 Å². The van der Waals surface area contributed by atoms with Crippen LogP contribution in [0.2, 0.25) is 5.15 Å². The van der Waals surface area contributed by atoms with Gasteiger partial charge in [0.05, 0.1) is 17.3 Å². The van der Waals surface area contributed by atoms with Crippen LogP contribution in [-0.2, 0) is 9.53 Å². The fourth-order valence-corrected chi connectivity index (χ4v) is 2.83. The van der Waals surface area contributed by atoms with Crippen LogP contribution in [0.4, 0.5) is 0 Å². The lowest BCUT2D eigenvalue weighted by Crippen LogP contribution is -2.26. The Morgan fingerprint density at radius 3 is 2.68 bits per heavy atom. The molecule has 0 spiro atoms. The lowest BCUT2D eigenvalue weighted by atomic mass is 10.1. The molecule has 0 saturated heterocycles. The number of pyridine rings is 2. The van der Waals surface area contributed by atoms with E-state index in [-0.39, 0.29) is 10.7 Å². The summed E-state index contributed by atoms with van der Waals surface area (Å²) in [5, 5.41) is 0.913. The number of hydrogen-bond acceptors (Lipinski definition) is 5. The first kappa shape index (κ1) is 17.3. The third kappa shape index (κ3) is 3.94. The van der Waals surface area contributed by atoms with Crippen LogP contribution in [0.3, 0.4) is 0 Å². The summed E-state index contributed by atoms with van der Waals surface area (Å²) in [4.78, 5) is 32.2. The predicted molar refractivity (Wildman–Crippen MR) is 96.0 cm³/mol. The summed E-state index contributed by atoms with van der Waals surface area (Å²) in [6.45, 7) is 0. The van der Waals surface area contributed by atoms with Crippen molar-refractivity contribution >= 4 is 50.3 Å². The van der Waals surface area contributed by atoms with Crippen molar-refractivity contribution in [1.29, 1.82) is 0 Å². The average Bonchev–Trinajstić information content (AvgIpc) is 2.58. The van der Waals surface area contributed by atoms with Gasteiger partial charge in [-0.05, 0) is 24.3 Å². The topological polar surface area (TPSA) is 95.2 Å². The summed E-state index contributed by atoms with van der Waals surface area (Å²) in [6, 6.07) is 9.96. The van der Waals surface area contributed by atoms with Gasteiger partial charge in [-0.1, -0.05) is 39.7 Å². The van der Waals surface area contributed by atoms with Crippen molar-refractivity contribution < 1.29 is 14.3 Å². The number of fused-ring (bicyclic) bond motifs is 1. The number of carbonyl (C=O) groups is 2. The molecule has 1 amide bonds. The van der Waals surface area contributed by atoms with Gasteiger partial charge >= 0.3 is 5.97 Å². The molecule has 1 unspecified atom stereocenters. The first-order chi connectivity index (χ1) is 11.9. The van der Waals surface area contributed by atoms with Gasteiger partial charge < -0.3 is 10.5 Å². The number of primary amides is 1. The maximum absolute atomic E-state index is 12.4. The Morgan fingerprint density at radius 1 is 1.16 bits per heavy atom. The zero-order valence-electron chi connectivity index (χ0n) is 12.6. The largest absolute Gasteiger partial charge is 0.444 e. The molecule has 3 rings (SSSR count). The molecule has 2 heterocycles. The monoisotopic (exact) mass is 419 g/mol. The molecule has 0 aliphatic rings. The van der Waals surface area contributed by atoms with Gasteiger partial charge in [-0.15, -0.1) is 0 Å². The number of nitrogens with two attached hydrogens (primary N) is 1. The highest BCUT2D eigenvalue weighted by Crippen LogP contribution is 2.23. The van der Waals surface area contributed by atoms with Crippen LogP contribution in [0.25, 0.3) is 10.9 Å². The number of benzene rings is 1. The second kappa shape index (κ2) is 7.16. The number of halogens is 2. The van der Waals surface area contributed by atoms with Crippen LogP contribution in [-0.4, -0.2) is 21.8 Å². The number of amides is 1. The van der Waals surface area contributed by atoms with E-state index < -0.39 is 18.0 Å². The molecule has 8 heteroatoms. The predicted octanol–water partition coefficient (Wildman–Crippen LogP) is 3.43. The maximum Gasteiger partial charge on any atom is 0.340 e. The molecule has 0 fully saturated rings. The first-order valence-corrected chi connectivity index (χ1v) is 8.28. The Morgan fingerprint density at radius 2 is 1.96 bits per heavy atom. The molecule has 25 heavy (non-hydrogen) atoms. The quantitative estimate of drug-likeness (QED) is 0.515. The fourth-order valence-electron chi connectivity index (χ4n) is 2.25. The minimum absolute atomic E-state index is 0.177. The van der Waals surface area contributed by atoms with Crippen LogP contribution in [0.1, 0.15) is 22.0 Å². The minimum atomic E-state index is -1.21. The lowest BCUT2D eigenvalue weighted by Gasteiger charge is -2.15. The molecule has 0 bridgehead atoms. The maximum atomic E-state index is 12.4. The summed E-state index contributed by atoms with van der Waals surface area (Å²) in [6.07, 6.45) is 1.64. The van der Waals surface area contributed by atoms with Gasteiger partial charge in [0.1, 0.15) is 5.15 Å². The van der Waals surface area contributed by atoms with Crippen molar-refractivity contribution in [2.75, 3.05) is 0 Å². The van der Waals surface area contributed by atoms with Crippen molar-refractivity contribution in [2.45, 2.75) is 6.10 Å². The summed E-state index contributed by atoms with van der Waals surface area (Å²) >= 11 is 9.15. The number of nitrogens with zero attached hydrogens (tertiary/aromatic N) is 2. The molecule has 126 valence electrons. The molecular weight excluding hydrogens is 410 g/mol. The molecule has 0 aliphatic carbocycles. The summed E-state index contributed by atoms with van der Waals surface area (Å²) < 4.78 is 6.03. The second-order valence-electron chi connectivity index (χ2n) is 5.17. The number of aromatic nitrogens is 2. The third-order valence-electron chi connectivity index (χ3n) is 3.40. The van der Waals surface area contributed by atoms with Gasteiger partial charge in [-0.2, -0.15) is 0 Å². The Bertz CT molecular complexity index is 980. The standard InChI is InChI=1S/C17H11BrClN3O3/c18-12-3-1-2-9(5-12)15(16(20)23)25-17(24)11-4-10-6-14(19)22-8-13(10)21-7-11/h1-8,15H,(H2,20,23). The van der Waals surface area contributed by atoms with E-state index in [0.717, 1.165) is 4.47 Å². The van der Waals surface area contributed by atoms with Gasteiger partial charge in [0.25, 0.3) is 5.91 Å². The van der Waals surface area contributed by atoms with Crippen molar-refractivity contribution in [3.05, 3.63) is 69.5 Å². The number of carbonyl (C=O) groups excluding carboxylic acids is 2. The van der Waals surface area contributed by atoms with E-state index in [1.165, 1.54) is 12.4 Å². The Balaban J connectivity index is 1.90. The summed E-state index contributed by atoms with van der Waals surface area (Å²) in [7, 11) is 0. The van der Waals surface area contributed by atoms with Crippen LogP contribution in [0.5, 0.6) is 0 Å². The first-order valence-electron chi connectivity index (χ1n) is 7.11. The van der Waals surface area contributed by atoms with Gasteiger partial charge in [0.15, 0.2) is 0 Å². The van der Waals surface area contributed by atoms with E-state index in [2.05, 4.69) is 25.9 Å². The molecule has 3 aromatic rings. The van der Waals surface area contributed by atoms with E-state index in [0.29, 0.717) is 16.5 Å². The van der Waals surface area contributed by atoms with E-state index in [9.17, 15) is 9.59 Å². The molecule has 0 radical (unpaired) electrons. The Kier molecular flexibility index (Phi) is 4.96. The molecule has 0 aliphatic heterocycles. The molecule has 2 N–H and O–H groups in total. The lowest BCUT2D eigenvalue weighted by molar-refractivity contribution is -0.127. The van der Waals surface area contributed by atoms with E-state index >= 15 is 0 Å². The van der Waals surface area contributed by atoms with Gasteiger partial charge in [0, 0.05) is 21.6 Å². The van der Waals surface area contributed by atoms with Gasteiger partial charge in [0.2, 0.25) is 6.10 Å². The average molecular weight is 421 g/mol. The number of esters is 1. The SMILES string of the molecule is NC(=O)C(OC(=O)c1cnc2cnc(Cl)cc2c1)c1cccc(Br)c1. The van der Waals surface area contributed by atoms with Crippen LogP contribution >= 0.6 is 27.5 Å². The van der Waals surface area contributed by atoms with Crippen LogP contribution in [0.15, 0.2) is 53.3 Å². The zero-order chi connectivity index (χ0) is 18.0. The molecular formula is C17H11BrClN3O3. The van der Waals surface area contributed by atoms with E-state index in [1.807, 2.05) is 0 Å². The fraction of sp³-hybridized carbons (Fsp3) is 0.0588. The molecule has 6 nitrogen and oxygen atoms in total. The van der Waals surface area contributed by atoms with Gasteiger partial charge in [-0.3, -0.25) is 9.78 Å². The smallest absolute Gasteiger partial charge is 0.340 e. The third-order valence-corrected chi connectivity index (χ3v) is 4.10. The Hall–Kier alpha value is -2.51. The normalized spacial score (nSPS) is 11.9. The van der Waals surface area contributed by atoms with Crippen molar-refractivity contribution in [2.24, 2.45) is 5.73 Å². The highest BCUT2D eigenvalue weighted by Gasteiger charge is 2.24. The number of ether oxygens (including phenoxy) is 1. The number of hydrogen-bond donors (Lipinski definition) is 1. The second-order valence-corrected chi connectivity index (χ2v) is 6.47.